The summed E-state index contributed by atoms with van der Waals surface area (Å²) in [6, 6.07) is 9.43. The molecule has 0 bridgehead atoms. The van der Waals surface area contributed by atoms with Gasteiger partial charge in [-0.2, -0.15) is 0 Å². The molecule has 0 radical (unpaired) electrons. The Morgan fingerprint density at radius 1 is 1.12 bits per heavy atom. The average molecular weight is 334 g/mol. The Morgan fingerprint density at radius 3 is 2.50 bits per heavy atom. The lowest BCUT2D eigenvalue weighted by Crippen LogP contribution is -2.57. The third kappa shape index (κ3) is 5.23. The summed E-state index contributed by atoms with van der Waals surface area (Å²) in [6.07, 6.45) is 3.87. The number of ether oxygens (including phenoxy) is 1. The fraction of sp³-hybridized carbons (Fsp3) is 0.556. The molecule has 132 valence electrons. The van der Waals surface area contributed by atoms with Crippen LogP contribution in [-0.2, 0) is 16.1 Å². The third-order valence-electron chi connectivity index (χ3n) is 4.32. The van der Waals surface area contributed by atoms with E-state index in [0.29, 0.717) is 25.8 Å². The molecule has 2 rings (SSSR count). The van der Waals surface area contributed by atoms with Gasteiger partial charge in [-0.3, -0.25) is 4.79 Å². The first-order valence-corrected chi connectivity index (χ1v) is 8.54. The maximum atomic E-state index is 12.5. The third-order valence-corrected chi connectivity index (χ3v) is 4.32. The zero-order chi connectivity index (χ0) is 17.3. The number of benzene rings is 1. The van der Waals surface area contributed by atoms with Gasteiger partial charge in [-0.1, -0.05) is 43.2 Å². The molecule has 2 amide bonds. The number of carbonyl (C=O) groups excluding carboxylic acids is 2. The van der Waals surface area contributed by atoms with Crippen molar-refractivity contribution < 1.29 is 19.4 Å². The summed E-state index contributed by atoms with van der Waals surface area (Å²) in [5.41, 5.74) is 0.0362. The van der Waals surface area contributed by atoms with E-state index in [-0.39, 0.29) is 19.1 Å². The van der Waals surface area contributed by atoms with Gasteiger partial charge in [0.05, 0.1) is 0 Å². The van der Waals surface area contributed by atoms with E-state index in [0.717, 1.165) is 24.8 Å². The Kier molecular flexibility index (Phi) is 7.06. The summed E-state index contributed by atoms with van der Waals surface area (Å²) < 4.78 is 5.25. The molecule has 0 unspecified atom stereocenters. The average Bonchev–Trinajstić information content (AvgIpc) is 3.07. The van der Waals surface area contributed by atoms with Gasteiger partial charge in [-0.25, -0.2) is 4.79 Å². The fourth-order valence-electron chi connectivity index (χ4n) is 2.95. The molecule has 0 spiro atoms. The molecule has 3 N–H and O–H groups in total. The number of alkyl carbamates (subject to hydrolysis) is 1. The highest BCUT2D eigenvalue weighted by atomic mass is 16.5. The van der Waals surface area contributed by atoms with Crippen LogP contribution in [0.4, 0.5) is 4.79 Å². The second-order valence-electron chi connectivity index (χ2n) is 6.16. The largest absolute Gasteiger partial charge is 0.445 e. The lowest BCUT2D eigenvalue weighted by molar-refractivity contribution is -0.127. The standard InChI is InChI=1S/C18H26N2O4/c21-13-7-6-12-19-16(22)18(10-4-5-11-18)20-17(23)24-14-15-8-2-1-3-9-15/h1-3,8-9,21H,4-7,10-14H2,(H,19,22)(H,20,23). The fourth-order valence-corrected chi connectivity index (χ4v) is 2.95. The molecule has 6 nitrogen and oxygen atoms in total. The molecule has 0 saturated heterocycles. The van der Waals surface area contributed by atoms with Crippen molar-refractivity contribution in [3.05, 3.63) is 35.9 Å². The number of rotatable bonds is 8. The molecule has 24 heavy (non-hydrogen) atoms. The van der Waals surface area contributed by atoms with Crippen molar-refractivity contribution in [2.75, 3.05) is 13.2 Å². The Hall–Kier alpha value is -2.08. The number of hydrogen-bond donors (Lipinski definition) is 3. The zero-order valence-electron chi connectivity index (χ0n) is 13.9. The number of aliphatic hydroxyl groups is 1. The molecule has 1 aliphatic rings. The van der Waals surface area contributed by atoms with Crippen molar-refractivity contribution in [2.24, 2.45) is 0 Å². The minimum absolute atomic E-state index is 0.116. The van der Waals surface area contributed by atoms with Gasteiger partial charge in [0.25, 0.3) is 0 Å². The second-order valence-corrected chi connectivity index (χ2v) is 6.16. The van der Waals surface area contributed by atoms with E-state index >= 15 is 0 Å². The molecule has 1 fully saturated rings. The summed E-state index contributed by atoms with van der Waals surface area (Å²) in [4.78, 5) is 24.6. The lowest BCUT2D eigenvalue weighted by Gasteiger charge is -2.28. The molecular weight excluding hydrogens is 308 g/mol. The van der Waals surface area contributed by atoms with E-state index < -0.39 is 11.6 Å². The molecule has 1 saturated carbocycles. The number of unbranched alkanes of at least 4 members (excludes halogenated alkanes) is 1. The second kappa shape index (κ2) is 9.27. The Balaban J connectivity index is 1.85. The first-order valence-electron chi connectivity index (χ1n) is 8.54. The van der Waals surface area contributed by atoms with E-state index in [4.69, 9.17) is 9.84 Å². The van der Waals surface area contributed by atoms with Crippen LogP contribution in [0.25, 0.3) is 0 Å². The van der Waals surface area contributed by atoms with Crippen molar-refractivity contribution in [2.45, 2.75) is 50.7 Å². The number of carbonyl (C=O) groups is 2. The van der Waals surface area contributed by atoms with Crippen LogP contribution in [0.3, 0.4) is 0 Å². The molecule has 6 heteroatoms. The quantitative estimate of drug-likeness (QED) is 0.636. The van der Waals surface area contributed by atoms with Gasteiger partial charge in [0.2, 0.25) is 5.91 Å². The van der Waals surface area contributed by atoms with Crippen molar-refractivity contribution in [1.82, 2.24) is 10.6 Å². The Labute approximate surface area is 142 Å². The van der Waals surface area contributed by atoms with Gasteiger partial charge in [0.1, 0.15) is 12.1 Å². The smallest absolute Gasteiger partial charge is 0.408 e. The summed E-state index contributed by atoms with van der Waals surface area (Å²) in [7, 11) is 0. The first kappa shape index (κ1) is 18.3. The van der Waals surface area contributed by atoms with Gasteiger partial charge >= 0.3 is 6.09 Å². The van der Waals surface area contributed by atoms with Crippen molar-refractivity contribution in [1.29, 1.82) is 0 Å². The van der Waals surface area contributed by atoms with E-state index in [1.165, 1.54) is 0 Å². The minimum Gasteiger partial charge on any atom is -0.445 e. The van der Waals surface area contributed by atoms with Crippen LogP contribution < -0.4 is 10.6 Å². The molecule has 1 aromatic rings. The Morgan fingerprint density at radius 2 is 1.83 bits per heavy atom. The normalized spacial score (nSPS) is 15.7. The van der Waals surface area contributed by atoms with Crippen LogP contribution in [0.5, 0.6) is 0 Å². The van der Waals surface area contributed by atoms with Crippen LogP contribution >= 0.6 is 0 Å². The summed E-state index contributed by atoms with van der Waals surface area (Å²) in [6.45, 7) is 0.799. The monoisotopic (exact) mass is 334 g/mol. The molecular formula is C18H26N2O4. The van der Waals surface area contributed by atoms with Crippen molar-refractivity contribution in [3.63, 3.8) is 0 Å². The first-order chi connectivity index (χ1) is 11.7. The van der Waals surface area contributed by atoms with Gasteiger partial charge < -0.3 is 20.5 Å². The minimum atomic E-state index is -0.868. The van der Waals surface area contributed by atoms with Gasteiger partial charge in [-0.15, -0.1) is 0 Å². The van der Waals surface area contributed by atoms with Crippen molar-refractivity contribution in [3.8, 4) is 0 Å². The lowest BCUT2D eigenvalue weighted by atomic mass is 9.96. The maximum absolute atomic E-state index is 12.5. The molecule has 0 aromatic heterocycles. The van der Waals surface area contributed by atoms with Crippen molar-refractivity contribution >= 4 is 12.0 Å². The van der Waals surface area contributed by atoms with Crippen LogP contribution in [0.2, 0.25) is 0 Å². The number of hydrogen-bond acceptors (Lipinski definition) is 4. The van der Waals surface area contributed by atoms with Gasteiger partial charge in [0, 0.05) is 13.2 Å². The van der Waals surface area contributed by atoms with Crippen LogP contribution in [0.1, 0.15) is 44.1 Å². The molecule has 1 aliphatic carbocycles. The van der Waals surface area contributed by atoms with Crippen LogP contribution in [-0.4, -0.2) is 35.8 Å². The molecule has 1 aromatic carbocycles. The zero-order valence-corrected chi connectivity index (χ0v) is 13.9. The molecule has 0 aliphatic heterocycles. The molecule has 0 atom stereocenters. The van der Waals surface area contributed by atoms with Gasteiger partial charge in [-0.05, 0) is 31.2 Å². The van der Waals surface area contributed by atoms with Crippen LogP contribution in [0.15, 0.2) is 30.3 Å². The van der Waals surface area contributed by atoms with E-state index in [9.17, 15) is 9.59 Å². The maximum Gasteiger partial charge on any atom is 0.408 e. The van der Waals surface area contributed by atoms with E-state index in [2.05, 4.69) is 10.6 Å². The summed E-state index contributed by atoms with van der Waals surface area (Å²) in [5, 5.41) is 14.4. The highest BCUT2D eigenvalue weighted by Crippen LogP contribution is 2.30. The van der Waals surface area contributed by atoms with E-state index in [1.54, 1.807) is 0 Å². The molecule has 0 heterocycles. The highest BCUT2D eigenvalue weighted by Gasteiger charge is 2.42. The number of aliphatic hydroxyl groups excluding tert-OH is 1. The van der Waals surface area contributed by atoms with E-state index in [1.807, 2.05) is 30.3 Å². The van der Waals surface area contributed by atoms with Gasteiger partial charge in [0.15, 0.2) is 0 Å². The SMILES string of the molecule is O=C(NC1(C(=O)NCCCCO)CCCC1)OCc1ccccc1. The summed E-state index contributed by atoms with van der Waals surface area (Å²) >= 11 is 0. The number of amides is 2. The highest BCUT2D eigenvalue weighted by molar-refractivity contribution is 5.90. The topological polar surface area (TPSA) is 87.7 Å². The predicted molar refractivity (Wildman–Crippen MR) is 90.3 cm³/mol. The summed E-state index contributed by atoms with van der Waals surface area (Å²) in [5.74, 6) is -0.158. The van der Waals surface area contributed by atoms with Crippen LogP contribution in [0, 0.1) is 0 Å². The Bertz CT molecular complexity index is 527. The number of nitrogens with one attached hydrogen (secondary N) is 2. The predicted octanol–water partition coefficient (Wildman–Crippen LogP) is 2.11.